The van der Waals surface area contributed by atoms with Crippen molar-refractivity contribution in [3.05, 3.63) is 47.5 Å². The molecule has 7 nitrogen and oxygen atoms in total. The van der Waals surface area contributed by atoms with Crippen molar-refractivity contribution in [1.82, 2.24) is 4.31 Å². The van der Waals surface area contributed by atoms with Crippen LogP contribution >= 0.6 is 0 Å². The Morgan fingerprint density at radius 2 is 1.77 bits per heavy atom. The molecule has 1 aliphatic rings. The van der Waals surface area contributed by atoms with Crippen molar-refractivity contribution in [2.45, 2.75) is 44.9 Å². The van der Waals surface area contributed by atoms with E-state index >= 15 is 0 Å². The molecule has 1 saturated heterocycles. The molecule has 31 heavy (non-hydrogen) atoms. The number of nitrogens with zero attached hydrogens (tertiary/aromatic N) is 1. The second kappa shape index (κ2) is 10.2. The third-order valence-corrected chi connectivity index (χ3v) is 7.29. The minimum atomic E-state index is -3.62. The van der Waals surface area contributed by atoms with E-state index in [0.29, 0.717) is 36.9 Å². The monoisotopic (exact) mass is 446 g/mol. The first-order valence-corrected chi connectivity index (χ1v) is 12.0. The quantitative estimate of drug-likeness (QED) is 0.665. The van der Waals surface area contributed by atoms with Gasteiger partial charge in [0.15, 0.2) is 6.61 Å². The molecule has 0 aromatic heterocycles. The third-order valence-electron chi connectivity index (χ3n) is 5.39. The average molecular weight is 447 g/mol. The van der Waals surface area contributed by atoms with Crippen LogP contribution in [0.1, 0.15) is 37.3 Å². The summed E-state index contributed by atoms with van der Waals surface area (Å²) in [6, 6.07) is 10.2. The molecule has 3 rings (SSSR count). The van der Waals surface area contributed by atoms with Crippen LogP contribution < -0.4 is 14.8 Å². The lowest BCUT2D eigenvalue weighted by atomic mass is 10.1. The lowest BCUT2D eigenvalue weighted by Crippen LogP contribution is -2.35. The number of hydrogen-bond donors (Lipinski definition) is 1. The molecule has 0 radical (unpaired) electrons. The summed E-state index contributed by atoms with van der Waals surface area (Å²) >= 11 is 0. The average Bonchev–Trinajstić information content (AvgIpc) is 2.76. The van der Waals surface area contributed by atoms with Gasteiger partial charge in [-0.15, -0.1) is 0 Å². The van der Waals surface area contributed by atoms with Crippen molar-refractivity contribution in [3.8, 4) is 11.5 Å². The van der Waals surface area contributed by atoms with Gasteiger partial charge in [-0.05, 0) is 69.0 Å². The van der Waals surface area contributed by atoms with Gasteiger partial charge in [0.25, 0.3) is 5.91 Å². The van der Waals surface area contributed by atoms with Gasteiger partial charge in [-0.3, -0.25) is 4.79 Å². The lowest BCUT2D eigenvalue weighted by Gasteiger charge is -2.26. The van der Waals surface area contributed by atoms with E-state index in [1.165, 1.54) is 16.4 Å². The van der Waals surface area contributed by atoms with Crippen LogP contribution in [0.3, 0.4) is 0 Å². The lowest BCUT2D eigenvalue weighted by molar-refractivity contribution is -0.118. The Bertz CT molecular complexity index is 1030. The Balaban J connectivity index is 1.77. The molecule has 0 aliphatic carbocycles. The van der Waals surface area contributed by atoms with E-state index in [4.69, 9.17) is 9.47 Å². The highest BCUT2D eigenvalue weighted by Crippen LogP contribution is 2.30. The van der Waals surface area contributed by atoms with Crippen molar-refractivity contribution in [3.63, 3.8) is 0 Å². The number of sulfonamides is 1. The topological polar surface area (TPSA) is 84.9 Å². The molecule has 8 heteroatoms. The molecule has 1 N–H and O–H groups in total. The molecule has 2 aromatic rings. The number of amides is 1. The first kappa shape index (κ1) is 23.1. The highest BCUT2D eigenvalue weighted by atomic mass is 32.2. The van der Waals surface area contributed by atoms with Crippen LogP contribution in [0.5, 0.6) is 11.5 Å². The van der Waals surface area contributed by atoms with E-state index in [-0.39, 0.29) is 11.5 Å². The summed E-state index contributed by atoms with van der Waals surface area (Å²) in [5.41, 5.74) is 2.36. The van der Waals surface area contributed by atoms with Crippen molar-refractivity contribution in [2.24, 2.45) is 0 Å². The predicted molar refractivity (Wildman–Crippen MR) is 120 cm³/mol. The van der Waals surface area contributed by atoms with Crippen LogP contribution in [0, 0.1) is 13.8 Å². The first-order chi connectivity index (χ1) is 14.8. The molecule has 1 fully saturated rings. The number of anilines is 1. The van der Waals surface area contributed by atoms with E-state index in [1.807, 2.05) is 39.0 Å². The molecule has 1 aliphatic heterocycles. The molecule has 0 unspecified atom stereocenters. The van der Waals surface area contributed by atoms with Gasteiger partial charge in [-0.2, -0.15) is 4.31 Å². The SMILES string of the molecule is CCOc1ccc(S(=O)(=O)N2CCCCC2)cc1NC(=O)COc1cccc(C)c1C. The number of aryl methyl sites for hydroxylation is 1. The largest absolute Gasteiger partial charge is 0.492 e. The molecule has 1 amide bonds. The minimum Gasteiger partial charge on any atom is -0.492 e. The van der Waals surface area contributed by atoms with Crippen molar-refractivity contribution in [2.75, 3.05) is 31.6 Å². The zero-order chi connectivity index (χ0) is 22.4. The molecule has 0 saturated carbocycles. The van der Waals surface area contributed by atoms with Crippen molar-refractivity contribution in [1.29, 1.82) is 0 Å². The van der Waals surface area contributed by atoms with Crippen LogP contribution in [0.2, 0.25) is 0 Å². The Labute approximate surface area is 184 Å². The van der Waals surface area contributed by atoms with Gasteiger partial charge in [-0.25, -0.2) is 8.42 Å². The normalized spacial score (nSPS) is 14.8. The van der Waals surface area contributed by atoms with E-state index in [0.717, 1.165) is 30.4 Å². The number of piperidine rings is 1. The van der Waals surface area contributed by atoms with Crippen LogP contribution in [0.25, 0.3) is 0 Å². The van der Waals surface area contributed by atoms with E-state index in [9.17, 15) is 13.2 Å². The van der Waals surface area contributed by atoms with Gasteiger partial charge >= 0.3 is 0 Å². The molecule has 0 bridgehead atoms. The van der Waals surface area contributed by atoms with Crippen molar-refractivity contribution < 1.29 is 22.7 Å². The zero-order valence-electron chi connectivity index (χ0n) is 18.3. The molecule has 2 aromatic carbocycles. The molecule has 1 heterocycles. The summed E-state index contributed by atoms with van der Waals surface area (Å²) < 4.78 is 38.8. The van der Waals surface area contributed by atoms with Crippen LogP contribution in [-0.4, -0.2) is 44.9 Å². The fourth-order valence-electron chi connectivity index (χ4n) is 3.51. The molecular weight excluding hydrogens is 416 g/mol. The van der Waals surface area contributed by atoms with Gasteiger partial charge in [0.05, 0.1) is 17.2 Å². The number of ether oxygens (including phenoxy) is 2. The highest BCUT2D eigenvalue weighted by Gasteiger charge is 2.27. The number of carbonyl (C=O) groups is 1. The summed E-state index contributed by atoms with van der Waals surface area (Å²) in [6.45, 7) is 6.96. The van der Waals surface area contributed by atoms with Crippen LogP contribution in [-0.2, 0) is 14.8 Å². The van der Waals surface area contributed by atoms with Crippen LogP contribution in [0.4, 0.5) is 5.69 Å². The smallest absolute Gasteiger partial charge is 0.262 e. The van der Waals surface area contributed by atoms with Crippen molar-refractivity contribution >= 4 is 21.6 Å². The second-order valence-electron chi connectivity index (χ2n) is 7.59. The Morgan fingerprint density at radius 1 is 1.03 bits per heavy atom. The highest BCUT2D eigenvalue weighted by molar-refractivity contribution is 7.89. The third kappa shape index (κ3) is 5.57. The first-order valence-electron chi connectivity index (χ1n) is 10.6. The number of benzene rings is 2. The summed E-state index contributed by atoms with van der Waals surface area (Å²) in [5.74, 6) is 0.663. The Kier molecular flexibility index (Phi) is 7.56. The second-order valence-corrected chi connectivity index (χ2v) is 9.53. The maximum atomic E-state index is 13.0. The van der Waals surface area contributed by atoms with E-state index in [1.54, 1.807) is 6.07 Å². The standard InChI is InChI=1S/C23H30N2O5S/c1-4-29-22-12-11-19(31(27,28)25-13-6-5-7-14-25)15-20(22)24-23(26)16-30-21-10-8-9-17(2)18(21)3/h8-12,15H,4-7,13-14,16H2,1-3H3,(H,24,26). The van der Waals surface area contributed by atoms with Gasteiger partial charge in [0, 0.05) is 13.1 Å². The van der Waals surface area contributed by atoms with Gasteiger partial charge < -0.3 is 14.8 Å². The minimum absolute atomic E-state index is 0.142. The predicted octanol–water partition coefficient (Wildman–Crippen LogP) is 3.89. The van der Waals surface area contributed by atoms with Gasteiger partial charge in [-0.1, -0.05) is 18.6 Å². The zero-order valence-corrected chi connectivity index (χ0v) is 19.1. The molecule has 0 atom stereocenters. The van der Waals surface area contributed by atoms with Gasteiger partial charge in [0.1, 0.15) is 11.5 Å². The Morgan fingerprint density at radius 3 is 2.48 bits per heavy atom. The number of carbonyl (C=O) groups excluding carboxylic acids is 1. The maximum absolute atomic E-state index is 13.0. The molecule has 168 valence electrons. The van der Waals surface area contributed by atoms with E-state index < -0.39 is 15.9 Å². The summed E-state index contributed by atoms with van der Waals surface area (Å²) in [5, 5.41) is 2.74. The fourth-order valence-corrected chi connectivity index (χ4v) is 5.06. The van der Waals surface area contributed by atoms with E-state index in [2.05, 4.69) is 5.32 Å². The maximum Gasteiger partial charge on any atom is 0.262 e. The number of nitrogens with one attached hydrogen (secondary N) is 1. The van der Waals surface area contributed by atoms with Gasteiger partial charge in [0.2, 0.25) is 10.0 Å². The molecule has 0 spiro atoms. The Hall–Kier alpha value is -2.58. The summed E-state index contributed by atoms with van der Waals surface area (Å²) in [7, 11) is -3.62. The number of hydrogen-bond acceptors (Lipinski definition) is 5. The summed E-state index contributed by atoms with van der Waals surface area (Å²) in [6.07, 6.45) is 2.75. The molecular formula is C23H30N2O5S. The summed E-state index contributed by atoms with van der Waals surface area (Å²) in [4.78, 5) is 12.7. The fraction of sp³-hybridized carbons (Fsp3) is 0.435. The van der Waals surface area contributed by atoms with Crippen LogP contribution in [0.15, 0.2) is 41.3 Å². The number of rotatable bonds is 8.